The van der Waals surface area contributed by atoms with Crippen molar-refractivity contribution in [2.75, 3.05) is 13.1 Å². The number of carbonyl (C=O) groups is 1. The summed E-state index contributed by atoms with van der Waals surface area (Å²) in [6, 6.07) is 13.9. The molecule has 1 N–H and O–H groups in total. The van der Waals surface area contributed by atoms with Gasteiger partial charge in [-0.1, -0.05) is 53.5 Å². The maximum absolute atomic E-state index is 12.8. The Bertz CT molecular complexity index is 892. The van der Waals surface area contributed by atoms with E-state index < -0.39 is 10.0 Å². The number of hydrogen-bond donors (Lipinski definition) is 1. The van der Waals surface area contributed by atoms with E-state index in [9.17, 15) is 13.2 Å². The summed E-state index contributed by atoms with van der Waals surface area (Å²) in [5, 5.41) is 3.48. The third-order valence-electron chi connectivity index (χ3n) is 4.61. The number of benzene rings is 2. The van der Waals surface area contributed by atoms with Gasteiger partial charge in [0.2, 0.25) is 15.9 Å². The Morgan fingerprint density at radius 1 is 1.04 bits per heavy atom. The molecule has 0 saturated carbocycles. The lowest BCUT2D eigenvalue weighted by molar-refractivity contribution is -0.126. The van der Waals surface area contributed by atoms with Crippen LogP contribution in [0.2, 0.25) is 10.0 Å². The van der Waals surface area contributed by atoms with E-state index in [-0.39, 0.29) is 39.9 Å². The maximum Gasteiger partial charge on any atom is 0.243 e. The Balaban J connectivity index is 1.58. The molecule has 1 heterocycles. The first kappa shape index (κ1) is 20.1. The minimum atomic E-state index is -3.68. The fourth-order valence-corrected chi connectivity index (χ4v) is 5.31. The van der Waals surface area contributed by atoms with Crippen LogP contribution in [0.25, 0.3) is 0 Å². The minimum absolute atomic E-state index is 0.0401. The number of rotatable bonds is 5. The van der Waals surface area contributed by atoms with E-state index in [0.717, 1.165) is 5.56 Å². The van der Waals surface area contributed by atoms with Gasteiger partial charge in [0.1, 0.15) is 0 Å². The zero-order chi connectivity index (χ0) is 19.4. The summed E-state index contributed by atoms with van der Waals surface area (Å²) in [6.07, 6.45) is 0.961. The van der Waals surface area contributed by atoms with Gasteiger partial charge in [-0.2, -0.15) is 4.31 Å². The number of nitrogens with one attached hydrogen (secondary N) is 1. The summed E-state index contributed by atoms with van der Waals surface area (Å²) < 4.78 is 27.0. The molecule has 144 valence electrons. The Kier molecular flexibility index (Phi) is 6.42. The Labute approximate surface area is 169 Å². The predicted molar refractivity (Wildman–Crippen MR) is 106 cm³/mol. The van der Waals surface area contributed by atoms with Crippen molar-refractivity contribution < 1.29 is 13.2 Å². The summed E-state index contributed by atoms with van der Waals surface area (Å²) in [5.74, 6) is -0.232. The number of amides is 1. The number of piperidine rings is 1. The molecule has 0 aliphatic carbocycles. The van der Waals surface area contributed by atoms with Gasteiger partial charge in [0.05, 0.1) is 4.90 Å². The van der Waals surface area contributed by atoms with E-state index >= 15 is 0 Å². The molecule has 1 amide bonds. The molecule has 3 rings (SSSR count). The van der Waals surface area contributed by atoms with Crippen molar-refractivity contribution in [3.63, 3.8) is 0 Å². The standard InChI is InChI=1S/C19H20Cl2N2O3S/c20-16-10-17(21)12-18(11-16)27(25,26)23-8-6-15(7-9-23)19(24)22-13-14-4-2-1-3-5-14/h1-5,10-12,15H,6-9,13H2,(H,22,24). The lowest BCUT2D eigenvalue weighted by atomic mass is 9.97. The molecule has 2 aromatic carbocycles. The monoisotopic (exact) mass is 426 g/mol. The fraction of sp³-hybridized carbons (Fsp3) is 0.316. The van der Waals surface area contributed by atoms with E-state index in [4.69, 9.17) is 23.2 Å². The van der Waals surface area contributed by atoms with Crippen molar-refractivity contribution in [1.29, 1.82) is 0 Å². The van der Waals surface area contributed by atoms with Gasteiger partial charge in [0.25, 0.3) is 0 Å². The molecule has 1 fully saturated rings. The van der Waals surface area contributed by atoms with Crippen LogP contribution in [0.5, 0.6) is 0 Å². The SMILES string of the molecule is O=C(NCc1ccccc1)C1CCN(S(=O)(=O)c2cc(Cl)cc(Cl)c2)CC1. The van der Waals surface area contributed by atoms with Crippen LogP contribution < -0.4 is 5.32 Å². The van der Waals surface area contributed by atoms with Gasteiger partial charge in [-0.3, -0.25) is 4.79 Å². The molecule has 2 aromatic rings. The first-order chi connectivity index (χ1) is 12.9. The Morgan fingerprint density at radius 2 is 1.63 bits per heavy atom. The van der Waals surface area contributed by atoms with Crippen molar-refractivity contribution in [2.45, 2.75) is 24.3 Å². The van der Waals surface area contributed by atoms with Crippen molar-refractivity contribution in [3.8, 4) is 0 Å². The average Bonchev–Trinajstić information content (AvgIpc) is 2.66. The molecule has 0 aromatic heterocycles. The van der Waals surface area contributed by atoms with Gasteiger partial charge in [-0.05, 0) is 36.6 Å². The molecule has 8 heteroatoms. The number of carbonyl (C=O) groups excluding carboxylic acids is 1. The van der Waals surface area contributed by atoms with Crippen LogP contribution in [-0.4, -0.2) is 31.7 Å². The molecule has 0 radical (unpaired) electrons. The second-order valence-corrected chi connectivity index (χ2v) is 9.30. The number of nitrogens with zero attached hydrogens (tertiary/aromatic N) is 1. The molecule has 0 unspecified atom stereocenters. The van der Waals surface area contributed by atoms with Crippen LogP contribution in [0.15, 0.2) is 53.4 Å². The number of sulfonamides is 1. The van der Waals surface area contributed by atoms with Gasteiger partial charge in [0.15, 0.2) is 0 Å². The van der Waals surface area contributed by atoms with Crippen molar-refractivity contribution in [1.82, 2.24) is 9.62 Å². The maximum atomic E-state index is 12.8. The van der Waals surface area contributed by atoms with Crippen molar-refractivity contribution in [3.05, 3.63) is 64.1 Å². The van der Waals surface area contributed by atoms with Crippen LogP contribution >= 0.6 is 23.2 Å². The van der Waals surface area contributed by atoms with Gasteiger partial charge < -0.3 is 5.32 Å². The smallest absolute Gasteiger partial charge is 0.243 e. The zero-order valence-corrected chi connectivity index (χ0v) is 16.9. The van der Waals surface area contributed by atoms with E-state index in [1.165, 1.54) is 22.5 Å². The Morgan fingerprint density at radius 3 is 2.22 bits per heavy atom. The second kappa shape index (κ2) is 8.61. The largest absolute Gasteiger partial charge is 0.352 e. The summed E-state index contributed by atoms with van der Waals surface area (Å²) in [4.78, 5) is 12.4. The highest BCUT2D eigenvalue weighted by molar-refractivity contribution is 7.89. The fourth-order valence-electron chi connectivity index (χ4n) is 3.11. The van der Waals surface area contributed by atoms with Crippen LogP contribution in [-0.2, 0) is 21.4 Å². The van der Waals surface area contributed by atoms with Gasteiger partial charge in [-0.25, -0.2) is 8.42 Å². The second-order valence-electron chi connectivity index (χ2n) is 6.49. The van der Waals surface area contributed by atoms with E-state index in [1.807, 2.05) is 30.3 Å². The van der Waals surface area contributed by atoms with Crippen molar-refractivity contribution in [2.24, 2.45) is 5.92 Å². The normalized spacial score (nSPS) is 16.2. The quantitative estimate of drug-likeness (QED) is 0.791. The summed E-state index contributed by atoms with van der Waals surface area (Å²) in [6.45, 7) is 1.05. The molecule has 0 atom stereocenters. The molecule has 27 heavy (non-hydrogen) atoms. The summed E-state index contributed by atoms with van der Waals surface area (Å²) in [7, 11) is -3.68. The van der Waals surface area contributed by atoms with Gasteiger partial charge >= 0.3 is 0 Å². The minimum Gasteiger partial charge on any atom is -0.352 e. The molecular formula is C19H20Cl2N2O3S. The Hall–Kier alpha value is -1.60. The lowest BCUT2D eigenvalue weighted by Gasteiger charge is -2.30. The highest BCUT2D eigenvalue weighted by Crippen LogP contribution is 2.28. The first-order valence-corrected chi connectivity index (χ1v) is 10.8. The van der Waals surface area contributed by atoms with E-state index in [0.29, 0.717) is 19.4 Å². The van der Waals surface area contributed by atoms with Crippen LogP contribution in [0.3, 0.4) is 0 Å². The first-order valence-electron chi connectivity index (χ1n) is 8.64. The van der Waals surface area contributed by atoms with E-state index in [2.05, 4.69) is 5.32 Å². The van der Waals surface area contributed by atoms with Crippen LogP contribution in [0.4, 0.5) is 0 Å². The molecule has 1 saturated heterocycles. The average molecular weight is 427 g/mol. The highest BCUT2D eigenvalue weighted by atomic mass is 35.5. The summed E-state index contributed by atoms with van der Waals surface area (Å²) in [5.41, 5.74) is 1.03. The third kappa shape index (κ3) is 5.02. The number of hydrogen-bond acceptors (Lipinski definition) is 3. The molecular weight excluding hydrogens is 407 g/mol. The van der Waals surface area contributed by atoms with Gasteiger partial charge in [-0.15, -0.1) is 0 Å². The van der Waals surface area contributed by atoms with Crippen LogP contribution in [0, 0.1) is 5.92 Å². The third-order valence-corrected chi connectivity index (χ3v) is 6.92. The zero-order valence-electron chi connectivity index (χ0n) is 14.6. The van der Waals surface area contributed by atoms with Crippen LogP contribution in [0.1, 0.15) is 18.4 Å². The molecule has 0 bridgehead atoms. The molecule has 1 aliphatic rings. The van der Waals surface area contributed by atoms with E-state index in [1.54, 1.807) is 0 Å². The number of halogens is 2. The topological polar surface area (TPSA) is 66.5 Å². The predicted octanol–water partition coefficient (Wildman–Crippen LogP) is 3.71. The molecule has 0 spiro atoms. The molecule has 5 nitrogen and oxygen atoms in total. The lowest BCUT2D eigenvalue weighted by Crippen LogP contribution is -2.42. The highest BCUT2D eigenvalue weighted by Gasteiger charge is 2.32. The molecule has 1 aliphatic heterocycles. The summed E-state index contributed by atoms with van der Waals surface area (Å²) >= 11 is 11.8. The van der Waals surface area contributed by atoms with Gasteiger partial charge in [0, 0.05) is 35.6 Å². The van der Waals surface area contributed by atoms with Crippen molar-refractivity contribution >= 4 is 39.1 Å².